The molecule has 1 amide bonds. The number of halogens is 2. The lowest BCUT2D eigenvalue weighted by Crippen LogP contribution is -2.48. The topological polar surface area (TPSA) is 116 Å². The summed E-state index contributed by atoms with van der Waals surface area (Å²) >= 11 is 0. The highest BCUT2D eigenvalue weighted by Crippen LogP contribution is 2.15. The monoisotopic (exact) mass is 546 g/mol. The van der Waals surface area contributed by atoms with Crippen molar-refractivity contribution in [1.29, 1.82) is 0 Å². The first-order chi connectivity index (χ1) is 18.1. The molecule has 3 rings (SSSR count). The van der Waals surface area contributed by atoms with Gasteiger partial charge in [-0.2, -0.15) is 0 Å². The lowest BCUT2D eigenvalue weighted by atomic mass is 10.00. The Bertz CT molecular complexity index is 1310. The van der Waals surface area contributed by atoms with Gasteiger partial charge in [0.2, 0.25) is 0 Å². The van der Waals surface area contributed by atoms with Gasteiger partial charge >= 0.3 is 0 Å². The third-order valence-electron chi connectivity index (χ3n) is 6.08. The van der Waals surface area contributed by atoms with Gasteiger partial charge in [-0.25, -0.2) is 17.2 Å². The maximum atomic E-state index is 13.8. The number of sulfone groups is 1. The summed E-state index contributed by atoms with van der Waals surface area (Å²) in [5.74, 6) is -2.57. The summed E-state index contributed by atoms with van der Waals surface area (Å²) in [6, 6.07) is 15.3. The zero-order valence-electron chi connectivity index (χ0n) is 21.0. The molecule has 0 aliphatic rings. The third-order valence-corrected chi connectivity index (χ3v) is 7.79. The minimum Gasteiger partial charge on any atom is -0.395 e. The van der Waals surface area contributed by atoms with E-state index < -0.39 is 51.9 Å². The fourth-order valence-corrected chi connectivity index (χ4v) is 5.06. The number of hydrogen-bond donors (Lipinski definition) is 4. The van der Waals surface area contributed by atoms with Crippen molar-refractivity contribution in [2.75, 3.05) is 18.9 Å². The summed E-state index contributed by atoms with van der Waals surface area (Å²) in [7, 11) is -3.68. The van der Waals surface area contributed by atoms with Crippen molar-refractivity contribution in [2.24, 2.45) is 0 Å². The summed E-state index contributed by atoms with van der Waals surface area (Å²) in [4.78, 5) is 12.9. The van der Waals surface area contributed by atoms with Crippen LogP contribution in [0.15, 0.2) is 71.6 Å². The molecular weight excluding hydrogens is 514 g/mol. The molecule has 0 fully saturated rings. The molecule has 10 heteroatoms. The molecule has 0 aromatic heterocycles. The number of aliphatic hydroxyl groups excluding tert-OH is 2. The number of rotatable bonds is 13. The molecule has 3 aromatic carbocycles. The van der Waals surface area contributed by atoms with Gasteiger partial charge in [-0.15, -0.1) is 0 Å². The van der Waals surface area contributed by atoms with Gasteiger partial charge in [0.05, 0.1) is 29.4 Å². The number of amides is 1. The summed E-state index contributed by atoms with van der Waals surface area (Å²) in [6.07, 6.45) is -0.260. The Labute approximate surface area is 221 Å². The van der Waals surface area contributed by atoms with Crippen molar-refractivity contribution in [1.82, 2.24) is 10.6 Å². The third kappa shape index (κ3) is 8.42. The molecule has 0 aliphatic heterocycles. The number of aryl methyl sites for hydroxylation is 1. The molecule has 7 nitrogen and oxygen atoms in total. The van der Waals surface area contributed by atoms with E-state index >= 15 is 0 Å². The van der Waals surface area contributed by atoms with Crippen LogP contribution in [0.2, 0.25) is 0 Å². The van der Waals surface area contributed by atoms with Crippen LogP contribution in [0.25, 0.3) is 0 Å². The summed E-state index contributed by atoms with van der Waals surface area (Å²) in [6.45, 7) is 2.10. The molecule has 38 heavy (non-hydrogen) atoms. The second kappa shape index (κ2) is 13.6. The van der Waals surface area contributed by atoms with Gasteiger partial charge in [0.25, 0.3) is 5.91 Å². The van der Waals surface area contributed by atoms with Crippen molar-refractivity contribution in [3.8, 4) is 0 Å². The van der Waals surface area contributed by atoms with Crippen LogP contribution in [0.3, 0.4) is 0 Å². The molecule has 0 bridgehead atoms. The Balaban J connectivity index is 1.73. The van der Waals surface area contributed by atoms with Crippen molar-refractivity contribution in [3.63, 3.8) is 0 Å². The number of benzene rings is 3. The molecule has 0 spiro atoms. The Morgan fingerprint density at radius 2 is 1.61 bits per heavy atom. The first-order valence-corrected chi connectivity index (χ1v) is 13.9. The number of nitrogens with one attached hydrogen (secondary N) is 2. The van der Waals surface area contributed by atoms with E-state index in [-0.39, 0.29) is 29.0 Å². The number of aliphatic hydroxyl groups is 2. The van der Waals surface area contributed by atoms with Gasteiger partial charge < -0.3 is 20.8 Å². The smallest absolute Gasteiger partial charge is 0.251 e. The van der Waals surface area contributed by atoms with E-state index in [9.17, 15) is 27.1 Å². The van der Waals surface area contributed by atoms with Crippen LogP contribution in [0.5, 0.6) is 0 Å². The van der Waals surface area contributed by atoms with Crippen LogP contribution < -0.4 is 10.6 Å². The van der Waals surface area contributed by atoms with Crippen molar-refractivity contribution in [2.45, 2.75) is 43.4 Å². The molecule has 204 valence electrons. The number of carbonyl (C=O) groups is 1. The second-order valence-electron chi connectivity index (χ2n) is 9.00. The van der Waals surface area contributed by atoms with Crippen LogP contribution in [0.4, 0.5) is 8.78 Å². The van der Waals surface area contributed by atoms with Crippen molar-refractivity contribution >= 4 is 15.7 Å². The fourth-order valence-electron chi connectivity index (χ4n) is 4.04. The highest BCUT2D eigenvalue weighted by Gasteiger charge is 2.23. The molecule has 0 aliphatic carbocycles. The van der Waals surface area contributed by atoms with E-state index in [2.05, 4.69) is 23.6 Å². The maximum absolute atomic E-state index is 13.8. The average Bonchev–Trinajstić information content (AvgIpc) is 2.88. The molecule has 2 atom stereocenters. The van der Waals surface area contributed by atoms with Crippen LogP contribution in [-0.2, 0) is 29.2 Å². The number of hydrogen-bond acceptors (Lipinski definition) is 6. The molecular formula is C28H32F2N2O5S. The minimum atomic E-state index is -3.68. The molecule has 0 radical (unpaired) electrons. The van der Waals surface area contributed by atoms with Crippen LogP contribution in [0.1, 0.15) is 34.0 Å². The van der Waals surface area contributed by atoms with E-state index in [0.29, 0.717) is 6.54 Å². The first-order valence-electron chi connectivity index (χ1n) is 12.3. The SMILES string of the molecule is CCc1cccc(CNC[C@@H](O)[C@H](Cc2cc(F)cc(F)c2)NC(=O)c2ccc(S(=O)(=O)CCO)cc2)c1. The summed E-state index contributed by atoms with van der Waals surface area (Å²) in [5.41, 5.74) is 2.60. The lowest BCUT2D eigenvalue weighted by molar-refractivity contribution is 0.0829. The summed E-state index contributed by atoms with van der Waals surface area (Å²) < 4.78 is 51.8. The van der Waals surface area contributed by atoms with Gasteiger partial charge in [0, 0.05) is 24.7 Å². The van der Waals surface area contributed by atoms with Crippen molar-refractivity contribution < 1.29 is 32.2 Å². The van der Waals surface area contributed by atoms with Crippen LogP contribution in [0, 0.1) is 11.6 Å². The Kier molecular flexibility index (Phi) is 10.5. The van der Waals surface area contributed by atoms with Crippen LogP contribution >= 0.6 is 0 Å². The van der Waals surface area contributed by atoms with Gasteiger partial charge in [0.15, 0.2) is 9.84 Å². The molecule has 4 N–H and O–H groups in total. The van der Waals surface area contributed by atoms with Gasteiger partial charge in [-0.3, -0.25) is 4.79 Å². The fraction of sp³-hybridized carbons (Fsp3) is 0.321. The van der Waals surface area contributed by atoms with Crippen molar-refractivity contribution in [3.05, 3.63) is 101 Å². The van der Waals surface area contributed by atoms with E-state index in [1.54, 1.807) is 0 Å². The van der Waals surface area contributed by atoms with E-state index in [0.717, 1.165) is 30.2 Å². The average molecular weight is 547 g/mol. The second-order valence-corrected chi connectivity index (χ2v) is 11.1. The zero-order valence-corrected chi connectivity index (χ0v) is 21.8. The maximum Gasteiger partial charge on any atom is 0.251 e. The quantitative estimate of drug-likeness (QED) is 0.262. The lowest BCUT2D eigenvalue weighted by Gasteiger charge is -2.25. The Morgan fingerprint density at radius 1 is 0.947 bits per heavy atom. The van der Waals surface area contributed by atoms with Gasteiger partial charge in [-0.1, -0.05) is 31.2 Å². The first kappa shape index (κ1) is 29.4. The standard InChI is InChI=1S/C28H32F2N2O5S/c1-2-19-4-3-5-20(12-19)17-31-18-27(34)26(15-21-13-23(29)16-24(30)14-21)32-28(35)22-6-8-25(9-7-22)38(36,37)11-10-33/h3-9,12-14,16,26-27,31,33-34H,2,10-11,15,17-18H2,1H3,(H,32,35)/t26-,27+/m0/s1. The largest absolute Gasteiger partial charge is 0.395 e. The number of carbonyl (C=O) groups excluding carboxylic acids is 1. The Morgan fingerprint density at radius 3 is 2.24 bits per heavy atom. The minimum absolute atomic E-state index is 0.0359. The van der Waals surface area contributed by atoms with Gasteiger partial charge in [0.1, 0.15) is 11.6 Å². The zero-order chi connectivity index (χ0) is 27.7. The highest BCUT2D eigenvalue weighted by atomic mass is 32.2. The highest BCUT2D eigenvalue weighted by molar-refractivity contribution is 7.91. The van der Waals surface area contributed by atoms with Crippen LogP contribution in [-0.4, -0.2) is 55.6 Å². The van der Waals surface area contributed by atoms with E-state index in [1.165, 1.54) is 29.8 Å². The molecule has 0 saturated carbocycles. The van der Waals surface area contributed by atoms with Gasteiger partial charge in [-0.05, 0) is 65.9 Å². The predicted octanol–water partition coefficient (Wildman–Crippen LogP) is 2.79. The summed E-state index contributed by atoms with van der Waals surface area (Å²) in [5, 5.41) is 25.7. The molecule has 0 heterocycles. The van der Waals surface area contributed by atoms with E-state index in [1.807, 2.05) is 18.2 Å². The Hall–Kier alpha value is -3.18. The molecule has 0 saturated heterocycles. The predicted molar refractivity (Wildman–Crippen MR) is 140 cm³/mol. The molecule has 3 aromatic rings. The van der Waals surface area contributed by atoms with E-state index in [4.69, 9.17) is 5.11 Å². The molecule has 0 unspecified atom stereocenters. The normalized spacial score (nSPS) is 13.2.